The van der Waals surface area contributed by atoms with Gasteiger partial charge in [-0.3, -0.25) is 18.1 Å². The number of nitriles is 1. The molecule has 0 unspecified atom stereocenters. The van der Waals surface area contributed by atoms with Gasteiger partial charge < -0.3 is 14.2 Å². The largest absolute Gasteiger partial charge is 0.493 e. The van der Waals surface area contributed by atoms with Crippen molar-refractivity contribution in [3.8, 4) is 23.3 Å². The molecule has 1 aromatic heterocycles. The third-order valence-electron chi connectivity index (χ3n) is 5.95. The van der Waals surface area contributed by atoms with E-state index in [2.05, 4.69) is 0 Å². The lowest BCUT2D eigenvalue weighted by Crippen LogP contribution is -2.42. The lowest BCUT2D eigenvalue weighted by atomic mass is 10.1. The number of aromatic nitrogens is 2. The molecule has 1 saturated heterocycles. The van der Waals surface area contributed by atoms with Crippen LogP contribution in [0, 0.1) is 11.3 Å². The zero-order chi connectivity index (χ0) is 24.2. The summed E-state index contributed by atoms with van der Waals surface area (Å²) < 4.78 is 30.8. The second-order valence-corrected chi connectivity index (χ2v) is 9.63. The molecular formula is C24H25N3O6S. The zero-order valence-electron chi connectivity index (χ0n) is 19.0. The molecule has 1 aliphatic rings. The van der Waals surface area contributed by atoms with E-state index in [1.54, 1.807) is 41.0 Å². The topological polar surface area (TPSA) is 113 Å². The van der Waals surface area contributed by atoms with Gasteiger partial charge in [-0.1, -0.05) is 6.07 Å². The minimum absolute atomic E-state index is 0.0376. The Morgan fingerprint density at radius 2 is 1.79 bits per heavy atom. The van der Waals surface area contributed by atoms with E-state index in [9.17, 15) is 13.8 Å². The first-order valence-electron chi connectivity index (χ1n) is 10.8. The fraction of sp³-hybridized carbons (Fsp3) is 0.375. The Bertz CT molecular complexity index is 1390. The highest BCUT2D eigenvalue weighted by atomic mass is 32.2. The van der Waals surface area contributed by atoms with Gasteiger partial charge in [-0.05, 0) is 48.7 Å². The molecule has 0 atom stereocenters. The third-order valence-corrected chi connectivity index (χ3v) is 7.34. The van der Waals surface area contributed by atoms with Crippen molar-refractivity contribution in [2.24, 2.45) is 0 Å². The van der Waals surface area contributed by atoms with E-state index in [1.807, 2.05) is 6.07 Å². The summed E-state index contributed by atoms with van der Waals surface area (Å²) in [5, 5.41) is 9.15. The molecule has 2 heterocycles. The Morgan fingerprint density at radius 1 is 1.06 bits per heavy atom. The predicted octanol–water partition coefficient (Wildman–Crippen LogP) is 2.21. The Labute approximate surface area is 198 Å². The van der Waals surface area contributed by atoms with Crippen LogP contribution < -0.4 is 25.5 Å². The third kappa shape index (κ3) is 4.56. The van der Waals surface area contributed by atoms with Gasteiger partial charge in [-0.15, -0.1) is 0 Å². The lowest BCUT2D eigenvalue weighted by molar-refractivity contribution is 0.354. The number of rotatable bonds is 7. The van der Waals surface area contributed by atoms with Crippen molar-refractivity contribution in [3.05, 3.63) is 62.8 Å². The van der Waals surface area contributed by atoms with Crippen LogP contribution in [0.5, 0.6) is 17.2 Å². The Hall–Kier alpha value is -3.58. The number of benzene rings is 2. The van der Waals surface area contributed by atoms with Crippen molar-refractivity contribution in [3.63, 3.8) is 0 Å². The van der Waals surface area contributed by atoms with Gasteiger partial charge in [0.25, 0.3) is 5.56 Å². The number of methoxy groups -OCH3 is 2. The molecule has 0 amide bonds. The summed E-state index contributed by atoms with van der Waals surface area (Å²) in [5.74, 6) is 2.44. The number of fused-ring (bicyclic) bond motifs is 1. The summed E-state index contributed by atoms with van der Waals surface area (Å²) in [6, 6.07) is 11.9. The Kier molecular flexibility index (Phi) is 7.03. The van der Waals surface area contributed by atoms with Crippen molar-refractivity contribution in [2.45, 2.75) is 25.4 Å². The quantitative estimate of drug-likeness (QED) is 0.506. The maximum absolute atomic E-state index is 13.6. The molecule has 0 aliphatic carbocycles. The molecule has 1 aliphatic heterocycles. The monoisotopic (exact) mass is 483 g/mol. The molecule has 0 saturated carbocycles. The van der Waals surface area contributed by atoms with E-state index < -0.39 is 22.0 Å². The average Bonchev–Trinajstić information content (AvgIpc) is 2.86. The van der Waals surface area contributed by atoms with Gasteiger partial charge in [0, 0.05) is 28.3 Å². The van der Waals surface area contributed by atoms with Gasteiger partial charge in [0.05, 0.1) is 31.7 Å². The van der Waals surface area contributed by atoms with Crippen LogP contribution in [0.3, 0.4) is 0 Å². The number of hydrogen-bond acceptors (Lipinski definition) is 7. The maximum Gasteiger partial charge on any atom is 0.332 e. The van der Waals surface area contributed by atoms with E-state index in [4.69, 9.17) is 19.5 Å². The normalized spacial score (nSPS) is 17.8. The number of hydrogen-bond donors (Lipinski definition) is 0. The molecule has 0 N–H and O–H groups in total. The molecule has 4 rings (SSSR count). The van der Waals surface area contributed by atoms with E-state index in [0.29, 0.717) is 58.1 Å². The highest BCUT2D eigenvalue weighted by Gasteiger charge is 2.25. The minimum Gasteiger partial charge on any atom is -0.493 e. The molecule has 0 spiro atoms. The van der Waals surface area contributed by atoms with Gasteiger partial charge in [0.2, 0.25) is 0 Å². The fourth-order valence-electron chi connectivity index (χ4n) is 4.26. The van der Waals surface area contributed by atoms with Crippen molar-refractivity contribution >= 4 is 21.7 Å². The van der Waals surface area contributed by atoms with E-state index in [-0.39, 0.29) is 19.2 Å². The summed E-state index contributed by atoms with van der Waals surface area (Å²) >= 11 is 0. The van der Waals surface area contributed by atoms with E-state index >= 15 is 0 Å². The molecule has 0 bridgehead atoms. The molecule has 178 valence electrons. The molecule has 10 heteroatoms. The second-order valence-electron chi connectivity index (χ2n) is 7.94. The van der Waals surface area contributed by atoms with Crippen LogP contribution in [0.25, 0.3) is 10.9 Å². The van der Waals surface area contributed by atoms with Gasteiger partial charge in [-0.2, -0.15) is 5.26 Å². The van der Waals surface area contributed by atoms with Gasteiger partial charge in [-0.25, -0.2) is 4.79 Å². The van der Waals surface area contributed by atoms with Crippen LogP contribution in [-0.2, 0) is 17.3 Å². The van der Waals surface area contributed by atoms with Crippen LogP contribution in [0.15, 0.2) is 46.0 Å². The first kappa shape index (κ1) is 23.6. The molecule has 9 nitrogen and oxygen atoms in total. The summed E-state index contributed by atoms with van der Waals surface area (Å²) in [6.45, 7) is -0.116. The standard InChI is InChI=1S/C24H25N3O6S/c1-31-21-6-3-16(13-22(21)32-2)15-26-23(28)19-14-18(33-10-9-25)4-5-20(19)27(24(26)29)17-7-11-34(30)12-8-17/h3-6,13-14,17H,7-8,10-12,15H2,1-2H3. The van der Waals surface area contributed by atoms with Gasteiger partial charge in [0.15, 0.2) is 18.1 Å². The smallest absolute Gasteiger partial charge is 0.332 e. The zero-order valence-corrected chi connectivity index (χ0v) is 19.8. The van der Waals surface area contributed by atoms with E-state index in [0.717, 1.165) is 0 Å². The van der Waals surface area contributed by atoms with Crippen molar-refractivity contribution < 1.29 is 18.4 Å². The van der Waals surface area contributed by atoms with Crippen LogP contribution in [-0.4, -0.2) is 45.7 Å². The second kappa shape index (κ2) is 10.1. The first-order valence-corrected chi connectivity index (χ1v) is 12.3. The SMILES string of the molecule is COc1ccc(Cn2c(=O)c3cc(OCC#N)ccc3n(C3CCS(=O)CC3)c2=O)cc1OC. The molecular weight excluding hydrogens is 458 g/mol. The van der Waals surface area contributed by atoms with E-state index in [1.165, 1.54) is 18.8 Å². The lowest BCUT2D eigenvalue weighted by Gasteiger charge is -2.26. The minimum atomic E-state index is -0.891. The van der Waals surface area contributed by atoms with Crippen molar-refractivity contribution in [1.82, 2.24) is 9.13 Å². The fourth-order valence-corrected chi connectivity index (χ4v) is 5.53. The van der Waals surface area contributed by atoms with Gasteiger partial charge >= 0.3 is 5.69 Å². The Morgan fingerprint density at radius 3 is 2.47 bits per heavy atom. The highest BCUT2D eigenvalue weighted by molar-refractivity contribution is 7.85. The van der Waals surface area contributed by atoms with Crippen LogP contribution in [0.1, 0.15) is 24.4 Å². The molecule has 3 aromatic rings. The first-order chi connectivity index (χ1) is 16.5. The molecule has 34 heavy (non-hydrogen) atoms. The number of ether oxygens (including phenoxy) is 3. The van der Waals surface area contributed by atoms with Crippen LogP contribution in [0.2, 0.25) is 0 Å². The molecule has 0 radical (unpaired) electrons. The summed E-state index contributed by atoms with van der Waals surface area (Å²) in [5.41, 5.74) is 0.327. The predicted molar refractivity (Wildman–Crippen MR) is 128 cm³/mol. The average molecular weight is 484 g/mol. The maximum atomic E-state index is 13.6. The summed E-state index contributed by atoms with van der Waals surface area (Å²) in [4.78, 5) is 27.1. The van der Waals surface area contributed by atoms with Crippen molar-refractivity contribution in [2.75, 3.05) is 32.3 Å². The van der Waals surface area contributed by atoms with Crippen LogP contribution >= 0.6 is 0 Å². The summed E-state index contributed by atoms with van der Waals surface area (Å²) in [7, 11) is 2.16. The Balaban J connectivity index is 1.88. The van der Waals surface area contributed by atoms with Crippen molar-refractivity contribution in [1.29, 1.82) is 5.26 Å². The van der Waals surface area contributed by atoms with Gasteiger partial charge in [0.1, 0.15) is 11.8 Å². The number of nitrogens with zero attached hydrogens (tertiary/aromatic N) is 3. The molecule has 1 fully saturated rings. The van der Waals surface area contributed by atoms with Crippen LogP contribution in [0.4, 0.5) is 0 Å². The highest BCUT2D eigenvalue weighted by Crippen LogP contribution is 2.28. The molecule has 2 aromatic carbocycles. The summed E-state index contributed by atoms with van der Waals surface area (Å²) in [6.07, 6.45) is 1.17.